The quantitative estimate of drug-likeness (QED) is 0.916. The summed E-state index contributed by atoms with van der Waals surface area (Å²) >= 11 is 3.46. The number of thioether (sulfide) groups is 1. The van der Waals surface area contributed by atoms with E-state index in [4.69, 9.17) is 5.11 Å². The highest BCUT2D eigenvalue weighted by molar-refractivity contribution is 8.93. The maximum atomic E-state index is 8.74. The molecule has 0 aromatic carbocycles. The zero-order valence-electron chi connectivity index (χ0n) is 10.1. The first-order valence-corrected chi connectivity index (χ1v) is 7.23. The number of aliphatic hydroxyl groups excluding tert-OH is 1. The number of aliphatic hydroxyl groups is 1. The van der Waals surface area contributed by atoms with Crippen molar-refractivity contribution in [2.24, 2.45) is 0 Å². The molecular formula is C11H19BrN2OS2. The fourth-order valence-corrected chi connectivity index (χ4v) is 3.01. The van der Waals surface area contributed by atoms with Crippen LogP contribution in [0.15, 0.2) is 27.7 Å². The molecule has 0 saturated carbocycles. The molecule has 98 valence electrons. The van der Waals surface area contributed by atoms with Crippen molar-refractivity contribution in [2.45, 2.75) is 20.3 Å². The second-order valence-corrected chi connectivity index (χ2v) is 5.08. The summed E-state index contributed by atoms with van der Waals surface area (Å²) in [6, 6.07) is 0. The molecule has 6 heteroatoms. The van der Waals surface area contributed by atoms with Gasteiger partial charge in [0.2, 0.25) is 0 Å². The molecular weight excluding hydrogens is 320 g/mol. The number of halogens is 1. The molecule has 1 N–H and O–H groups in total. The molecule has 1 aliphatic rings. The average Bonchev–Trinajstić information content (AvgIpc) is 2.94. The topological polar surface area (TPSA) is 36.4 Å². The maximum absolute atomic E-state index is 8.74. The smallest absolute Gasteiger partial charge is 0.0791 e. The van der Waals surface area contributed by atoms with Gasteiger partial charge in [-0.05, 0) is 13.8 Å². The lowest BCUT2D eigenvalue weighted by Crippen LogP contribution is -2.16. The Morgan fingerprint density at radius 2 is 2.29 bits per heavy atom. The minimum atomic E-state index is 0. The van der Waals surface area contributed by atoms with Crippen molar-refractivity contribution in [2.75, 3.05) is 19.0 Å². The van der Waals surface area contributed by atoms with Crippen LogP contribution in [-0.2, 0) is 0 Å². The van der Waals surface area contributed by atoms with Gasteiger partial charge in [-0.25, -0.2) is 0 Å². The number of hydrogen-bond acceptors (Lipinski definition) is 5. The predicted molar refractivity (Wildman–Crippen MR) is 81.7 cm³/mol. The van der Waals surface area contributed by atoms with Gasteiger partial charge in [-0.3, -0.25) is 4.98 Å². The summed E-state index contributed by atoms with van der Waals surface area (Å²) in [7, 11) is 0. The van der Waals surface area contributed by atoms with E-state index in [1.54, 1.807) is 23.0 Å². The highest BCUT2D eigenvalue weighted by atomic mass is 79.9. The van der Waals surface area contributed by atoms with E-state index in [0.29, 0.717) is 0 Å². The third-order valence-corrected chi connectivity index (χ3v) is 4.15. The second-order valence-electron chi connectivity index (χ2n) is 3.29. The third kappa shape index (κ3) is 5.90. The summed E-state index contributed by atoms with van der Waals surface area (Å²) in [5.74, 6) is 1.07. The Morgan fingerprint density at radius 3 is 2.65 bits per heavy atom. The Morgan fingerprint density at radius 1 is 1.53 bits per heavy atom. The number of hydrogen-bond donors (Lipinski definition) is 1. The molecule has 2 rings (SSSR count). The van der Waals surface area contributed by atoms with E-state index in [9.17, 15) is 0 Å². The number of aromatic nitrogens is 1. The van der Waals surface area contributed by atoms with E-state index in [0.717, 1.165) is 18.8 Å². The largest absolute Gasteiger partial charge is 0.396 e. The SMILES string of the molecule is Br.CCN1CSC(CCO)=C1C.c1cscn1. The van der Waals surface area contributed by atoms with Crippen LogP contribution >= 0.6 is 40.1 Å². The van der Waals surface area contributed by atoms with Gasteiger partial charge in [-0.2, -0.15) is 0 Å². The first-order valence-electron chi connectivity index (χ1n) is 5.30. The lowest BCUT2D eigenvalue weighted by molar-refractivity contribution is 0.300. The first-order chi connectivity index (χ1) is 7.79. The van der Waals surface area contributed by atoms with Gasteiger partial charge >= 0.3 is 0 Å². The van der Waals surface area contributed by atoms with Crippen molar-refractivity contribution in [1.29, 1.82) is 0 Å². The van der Waals surface area contributed by atoms with Gasteiger partial charge in [0.15, 0.2) is 0 Å². The van der Waals surface area contributed by atoms with Gasteiger partial charge in [0.1, 0.15) is 0 Å². The molecule has 0 spiro atoms. The van der Waals surface area contributed by atoms with Crippen LogP contribution in [0.25, 0.3) is 0 Å². The van der Waals surface area contributed by atoms with E-state index in [-0.39, 0.29) is 23.6 Å². The summed E-state index contributed by atoms with van der Waals surface area (Å²) in [6.07, 6.45) is 2.59. The van der Waals surface area contributed by atoms with Gasteiger partial charge < -0.3 is 10.0 Å². The average molecular weight is 339 g/mol. The van der Waals surface area contributed by atoms with Crippen molar-refractivity contribution < 1.29 is 5.11 Å². The number of thiazole rings is 1. The van der Waals surface area contributed by atoms with Crippen LogP contribution in [0.1, 0.15) is 20.3 Å². The van der Waals surface area contributed by atoms with Crippen LogP contribution in [-0.4, -0.2) is 34.0 Å². The first kappa shape index (κ1) is 17.0. The van der Waals surface area contributed by atoms with Gasteiger partial charge in [-0.1, -0.05) is 0 Å². The zero-order valence-corrected chi connectivity index (χ0v) is 13.5. The summed E-state index contributed by atoms with van der Waals surface area (Å²) < 4.78 is 0. The van der Waals surface area contributed by atoms with Gasteiger partial charge in [0.05, 0.1) is 11.4 Å². The number of allylic oxidation sites excluding steroid dienone is 1. The highest BCUT2D eigenvalue weighted by Gasteiger charge is 2.16. The Balaban J connectivity index is 0.000000360. The monoisotopic (exact) mass is 338 g/mol. The molecule has 1 aliphatic heterocycles. The van der Waals surface area contributed by atoms with E-state index in [1.165, 1.54) is 10.6 Å². The molecule has 1 aromatic rings. The molecule has 2 heterocycles. The maximum Gasteiger partial charge on any atom is 0.0791 e. The van der Waals surface area contributed by atoms with Crippen molar-refractivity contribution in [1.82, 2.24) is 9.88 Å². The molecule has 1 aromatic heterocycles. The van der Waals surface area contributed by atoms with Crippen LogP contribution in [0.3, 0.4) is 0 Å². The second kappa shape index (κ2) is 9.94. The van der Waals surface area contributed by atoms with Crippen LogP contribution < -0.4 is 0 Å². The van der Waals surface area contributed by atoms with Crippen molar-refractivity contribution in [3.63, 3.8) is 0 Å². The van der Waals surface area contributed by atoms with Crippen molar-refractivity contribution >= 4 is 40.1 Å². The lowest BCUT2D eigenvalue weighted by Gasteiger charge is -2.15. The molecule has 0 amide bonds. The fourth-order valence-electron chi connectivity index (χ4n) is 1.39. The third-order valence-electron chi connectivity index (χ3n) is 2.34. The van der Waals surface area contributed by atoms with Crippen LogP contribution in [0, 0.1) is 0 Å². The van der Waals surface area contributed by atoms with E-state index < -0.39 is 0 Å². The van der Waals surface area contributed by atoms with Crippen molar-refractivity contribution in [3.8, 4) is 0 Å². The number of nitrogens with zero attached hydrogens (tertiary/aromatic N) is 2. The Labute approximate surface area is 122 Å². The normalized spacial score (nSPS) is 14.2. The standard InChI is InChI=1S/C8H15NOS.C3H3NS.BrH/c1-3-9-6-11-8(4-5-10)7(9)2;1-2-5-3-4-1;/h10H,3-6H2,1-2H3;1-3H;1H. The summed E-state index contributed by atoms with van der Waals surface area (Å²) in [5, 5.41) is 10.7. The van der Waals surface area contributed by atoms with E-state index in [1.807, 2.05) is 17.1 Å². The molecule has 0 bridgehead atoms. The highest BCUT2D eigenvalue weighted by Crippen LogP contribution is 2.33. The van der Waals surface area contributed by atoms with Crippen LogP contribution in [0.5, 0.6) is 0 Å². The molecule has 0 unspecified atom stereocenters. The van der Waals surface area contributed by atoms with Crippen molar-refractivity contribution in [3.05, 3.63) is 27.7 Å². The molecule has 0 aliphatic carbocycles. The Bertz CT molecular complexity index is 300. The summed E-state index contributed by atoms with van der Waals surface area (Å²) in [5.41, 5.74) is 3.14. The van der Waals surface area contributed by atoms with Gasteiger partial charge in [0.25, 0.3) is 0 Å². The lowest BCUT2D eigenvalue weighted by atomic mass is 10.3. The molecule has 17 heavy (non-hydrogen) atoms. The Kier molecular flexibility index (Phi) is 9.91. The molecule has 0 fully saturated rings. The summed E-state index contributed by atoms with van der Waals surface area (Å²) in [6.45, 7) is 5.64. The molecule has 3 nitrogen and oxygen atoms in total. The van der Waals surface area contributed by atoms with Gasteiger partial charge in [-0.15, -0.1) is 40.1 Å². The molecule has 0 radical (unpaired) electrons. The minimum absolute atomic E-state index is 0. The van der Waals surface area contributed by atoms with Crippen LogP contribution in [0.2, 0.25) is 0 Å². The number of rotatable bonds is 3. The minimum Gasteiger partial charge on any atom is -0.396 e. The zero-order chi connectivity index (χ0) is 11.8. The Hall–Kier alpha value is -0.0400. The molecule has 0 atom stereocenters. The fraction of sp³-hybridized carbons (Fsp3) is 0.545. The van der Waals surface area contributed by atoms with Gasteiger partial charge in [0, 0.05) is 41.8 Å². The molecule has 0 saturated heterocycles. The predicted octanol–water partition coefficient (Wildman–Crippen LogP) is 3.35. The van der Waals surface area contributed by atoms with E-state index in [2.05, 4.69) is 23.7 Å². The van der Waals surface area contributed by atoms with Crippen LogP contribution in [0.4, 0.5) is 0 Å². The van der Waals surface area contributed by atoms with E-state index >= 15 is 0 Å². The summed E-state index contributed by atoms with van der Waals surface area (Å²) in [4.78, 5) is 7.43.